The normalized spacial score (nSPS) is 21.9. The van der Waals surface area contributed by atoms with E-state index in [1.807, 2.05) is 40.7 Å². The first-order chi connectivity index (χ1) is 16.5. The Morgan fingerprint density at radius 1 is 1.09 bits per heavy atom. The van der Waals surface area contributed by atoms with Crippen LogP contribution in [0.25, 0.3) is 11.5 Å². The fourth-order valence-corrected chi connectivity index (χ4v) is 5.49. The molecular formula is C27H40N4O3. The van der Waals surface area contributed by atoms with Crippen molar-refractivity contribution in [3.05, 3.63) is 36.2 Å². The summed E-state index contributed by atoms with van der Waals surface area (Å²) in [6.07, 6.45) is 9.72. The van der Waals surface area contributed by atoms with Gasteiger partial charge in [0.15, 0.2) is 0 Å². The minimum Gasteiger partial charge on any atom is -0.463 e. The Kier molecular flexibility index (Phi) is 7.81. The number of amides is 2. The van der Waals surface area contributed by atoms with Crippen LogP contribution in [0.5, 0.6) is 0 Å². The maximum absolute atomic E-state index is 13.9. The van der Waals surface area contributed by atoms with Crippen molar-refractivity contribution in [2.45, 2.75) is 83.8 Å². The summed E-state index contributed by atoms with van der Waals surface area (Å²) in [5.41, 5.74) is 0.476. The summed E-state index contributed by atoms with van der Waals surface area (Å²) in [6, 6.07) is 7.70. The predicted molar refractivity (Wildman–Crippen MR) is 134 cm³/mol. The highest BCUT2D eigenvalue weighted by atomic mass is 16.3. The molecule has 2 aliphatic rings. The lowest BCUT2D eigenvalue weighted by Crippen LogP contribution is -2.65. The fourth-order valence-electron chi connectivity index (χ4n) is 5.49. The first kappa shape index (κ1) is 24.6. The summed E-state index contributed by atoms with van der Waals surface area (Å²) in [6.45, 7) is 9.71. The molecule has 3 heterocycles. The number of aromatic nitrogens is 1. The van der Waals surface area contributed by atoms with Gasteiger partial charge < -0.3 is 24.1 Å². The van der Waals surface area contributed by atoms with E-state index in [0.717, 1.165) is 51.0 Å². The fraction of sp³-hybridized carbons (Fsp3) is 0.630. The van der Waals surface area contributed by atoms with Gasteiger partial charge in [0.25, 0.3) is 5.91 Å². The van der Waals surface area contributed by atoms with E-state index in [2.05, 4.69) is 24.1 Å². The van der Waals surface area contributed by atoms with Gasteiger partial charge in [0.05, 0.1) is 18.5 Å². The molecule has 0 spiro atoms. The molecule has 7 heteroatoms. The second-order valence-corrected chi connectivity index (χ2v) is 9.94. The molecule has 2 aromatic heterocycles. The number of hydrogen-bond acceptors (Lipinski definition) is 4. The smallest absolute Gasteiger partial charge is 0.271 e. The van der Waals surface area contributed by atoms with Gasteiger partial charge in [0.1, 0.15) is 17.0 Å². The summed E-state index contributed by atoms with van der Waals surface area (Å²) in [5.74, 6) is 0.570. The summed E-state index contributed by atoms with van der Waals surface area (Å²) in [5, 5.41) is 3.36. The van der Waals surface area contributed by atoms with Crippen molar-refractivity contribution in [2.75, 3.05) is 26.2 Å². The minimum absolute atomic E-state index is 0.0456. The SMILES string of the molecule is CCN(CC)CCN1C(=O)c2ccc(-c3ccco3)n2CC1(C)C(=O)NC1CCCCCCC1. The third-order valence-electron chi connectivity index (χ3n) is 7.74. The molecule has 1 unspecified atom stereocenters. The standard InChI is InChI=1S/C27H40N4O3/c1-4-29(5-2)17-18-31-25(32)23-16-15-22(24-14-11-19-34-24)30(23)20-27(31,3)26(33)28-21-12-9-7-6-8-10-13-21/h11,14-16,19,21H,4-10,12-13,17-18,20H2,1-3H3,(H,28,33). The summed E-state index contributed by atoms with van der Waals surface area (Å²) >= 11 is 0. The van der Waals surface area contributed by atoms with Crippen LogP contribution in [0.15, 0.2) is 34.9 Å². The van der Waals surface area contributed by atoms with Crippen molar-refractivity contribution in [3.8, 4) is 11.5 Å². The van der Waals surface area contributed by atoms with Crippen LogP contribution in [0.3, 0.4) is 0 Å². The highest BCUT2D eigenvalue weighted by Crippen LogP contribution is 2.33. The Morgan fingerprint density at radius 2 is 1.76 bits per heavy atom. The van der Waals surface area contributed by atoms with Crippen molar-refractivity contribution in [1.29, 1.82) is 0 Å². The van der Waals surface area contributed by atoms with Crippen LogP contribution >= 0.6 is 0 Å². The average molecular weight is 469 g/mol. The van der Waals surface area contributed by atoms with Crippen LogP contribution in [0, 0.1) is 0 Å². The van der Waals surface area contributed by atoms with Gasteiger partial charge >= 0.3 is 0 Å². The highest BCUT2D eigenvalue weighted by Gasteiger charge is 2.48. The molecule has 1 saturated carbocycles. The van der Waals surface area contributed by atoms with Crippen molar-refractivity contribution in [1.82, 2.24) is 19.7 Å². The van der Waals surface area contributed by atoms with Gasteiger partial charge in [-0.25, -0.2) is 0 Å². The maximum Gasteiger partial charge on any atom is 0.271 e. The van der Waals surface area contributed by atoms with E-state index < -0.39 is 5.54 Å². The number of furan rings is 1. The number of nitrogens with one attached hydrogen (secondary N) is 1. The first-order valence-electron chi connectivity index (χ1n) is 13.1. The lowest BCUT2D eigenvalue weighted by atomic mass is 9.92. The zero-order valence-corrected chi connectivity index (χ0v) is 21.0. The van der Waals surface area contributed by atoms with Gasteiger partial charge in [-0.2, -0.15) is 0 Å². The van der Waals surface area contributed by atoms with Crippen LogP contribution in [-0.2, 0) is 11.3 Å². The lowest BCUT2D eigenvalue weighted by molar-refractivity contribution is -0.133. The Hall–Kier alpha value is -2.54. The molecule has 1 N–H and O–H groups in total. The number of likely N-dealkylation sites (N-methyl/N-ethyl adjacent to an activating group) is 1. The van der Waals surface area contributed by atoms with Crippen LogP contribution in [0.4, 0.5) is 0 Å². The molecule has 1 aliphatic heterocycles. The number of hydrogen-bond donors (Lipinski definition) is 1. The van der Waals surface area contributed by atoms with E-state index >= 15 is 0 Å². The molecule has 1 atom stereocenters. The van der Waals surface area contributed by atoms with Gasteiger partial charge in [-0.15, -0.1) is 0 Å². The quantitative estimate of drug-likeness (QED) is 0.618. The molecule has 2 aromatic rings. The zero-order valence-electron chi connectivity index (χ0n) is 21.0. The van der Waals surface area contributed by atoms with Gasteiger partial charge in [0, 0.05) is 19.1 Å². The van der Waals surface area contributed by atoms with Crippen molar-refractivity contribution in [3.63, 3.8) is 0 Å². The molecule has 4 rings (SSSR count). The zero-order chi connectivity index (χ0) is 24.1. The van der Waals surface area contributed by atoms with Crippen LogP contribution in [0.2, 0.25) is 0 Å². The molecule has 0 saturated heterocycles. The first-order valence-corrected chi connectivity index (χ1v) is 13.1. The summed E-state index contributed by atoms with van der Waals surface area (Å²) in [7, 11) is 0. The summed E-state index contributed by atoms with van der Waals surface area (Å²) < 4.78 is 7.60. The Labute approximate surface area is 203 Å². The van der Waals surface area contributed by atoms with E-state index in [0.29, 0.717) is 24.5 Å². The number of fused-ring (bicyclic) bond motifs is 1. The Balaban J connectivity index is 1.64. The van der Waals surface area contributed by atoms with Crippen molar-refractivity contribution >= 4 is 11.8 Å². The van der Waals surface area contributed by atoms with Gasteiger partial charge in [-0.05, 0) is 57.1 Å². The number of carbonyl (C=O) groups is 2. The molecule has 0 bridgehead atoms. The Morgan fingerprint density at radius 3 is 2.41 bits per heavy atom. The molecule has 1 fully saturated rings. The van der Waals surface area contributed by atoms with E-state index in [1.54, 1.807) is 6.26 Å². The molecular weight excluding hydrogens is 428 g/mol. The van der Waals surface area contributed by atoms with Crippen molar-refractivity contribution < 1.29 is 14.0 Å². The number of rotatable bonds is 8. The second kappa shape index (κ2) is 10.8. The second-order valence-electron chi connectivity index (χ2n) is 9.94. The van der Waals surface area contributed by atoms with E-state index in [1.165, 1.54) is 19.3 Å². The molecule has 0 aromatic carbocycles. The molecule has 34 heavy (non-hydrogen) atoms. The van der Waals surface area contributed by atoms with Gasteiger partial charge in [-0.1, -0.05) is 46.0 Å². The molecule has 0 radical (unpaired) electrons. The third kappa shape index (κ3) is 4.95. The maximum atomic E-state index is 13.9. The lowest BCUT2D eigenvalue weighted by Gasteiger charge is -2.45. The van der Waals surface area contributed by atoms with E-state index in [4.69, 9.17) is 4.42 Å². The number of carbonyl (C=O) groups excluding carboxylic acids is 2. The Bertz CT molecular complexity index is 955. The average Bonchev–Trinajstić information content (AvgIpc) is 3.47. The largest absolute Gasteiger partial charge is 0.463 e. The number of nitrogens with zero attached hydrogens (tertiary/aromatic N) is 3. The van der Waals surface area contributed by atoms with Gasteiger partial charge in [-0.3, -0.25) is 9.59 Å². The molecule has 2 amide bonds. The molecule has 186 valence electrons. The van der Waals surface area contributed by atoms with E-state index in [9.17, 15) is 9.59 Å². The monoisotopic (exact) mass is 468 g/mol. The van der Waals surface area contributed by atoms with Crippen LogP contribution in [-0.4, -0.2) is 63.9 Å². The topological polar surface area (TPSA) is 70.7 Å². The molecule has 1 aliphatic carbocycles. The summed E-state index contributed by atoms with van der Waals surface area (Å²) in [4.78, 5) is 31.8. The van der Waals surface area contributed by atoms with E-state index in [-0.39, 0.29) is 17.9 Å². The van der Waals surface area contributed by atoms with Gasteiger partial charge in [0.2, 0.25) is 5.91 Å². The third-order valence-corrected chi connectivity index (χ3v) is 7.74. The minimum atomic E-state index is -0.972. The molecule has 7 nitrogen and oxygen atoms in total. The van der Waals surface area contributed by atoms with Crippen molar-refractivity contribution in [2.24, 2.45) is 0 Å². The highest BCUT2D eigenvalue weighted by molar-refractivity contribution is 6.00. The van der Waals surface area contributed by atoms with Crippen LogP contribution < -0.4 is 5.32 Å². The van der Waals surface area contributed by atoms with Crippen LogP contribution in [0.1, 0.15) is 76.2 Å². The predicted octanol–water partition coefficient (Wildman–Crippen LogP) is 4.53.